The first-order chi connectivity index (χ1) is 17.8. The number of amides is 1. The number of aryl methyl sites for hydroxylation is 2. The highest BCUT2D eigenvalue weighted by atomic mass is 32.1. The number of piperidine rings is 1. The zero-order chi connectivity index (χ0) is 26.4. The molecule has 37 heavy (non-hydrogen) atoms. The van der Waals surface area contributed by atoms with Crippen molar-refractivity contribution < 1.29 is 14.1 Å². The normalized spacial score (nSPS) is 19.4. The molecule has 3 heterocycles. The minimum absolute atomic E-state index is 0.126. The van der Waals surface area contributed by atoms with E-state index >= 15 is 0 Å². The Morgan fingerprint density at radius 1 is 1.08 bits per heavy atom. The Labute approximate surface area is 226 Å². The molecule has 0 radical (unpaired) electrons. The van der Waals surface area contributed by atoms with Crippen molar-refractivity contribution in [3.8, 4) is 5.75 Å². The summed E-state index contributed by atoms with van der Waals surface area (Å²) in [7, 11) is 3.87. The Balaban J connectivity index is 0.000000245. The Kier molecular flexibility index (Phi) is 9.86. The number of hydrogen-bond donors (Lipinski definition) is 2. The van der Waals surface area contributed by atoms with Crippen LogP contribution in [0.4, 0.5) is 0 Å². The summed E-state index contributed by atoms with van der Waals surface area (Å²) in [6.45, 7) is 11.5. The zero-order valence-electron chi connectivity index (χ0n) is 22.7. The number of carbonyl (C=O) groups is 1. The molecule has 2 saturated heterocycles. The fraction of sp³-hybridized carbons (Fsp3) is 0.667. The van der Waals surface area contributed by atoms with Crippen LogP contribution in [0.1, 0.15) is 53.3 Å². The van der Waals surface area contributed by atoms with Gasteiger partial charge in [0.05, 0.1) is 13.7 Å². The van der Waals surface area contributed by atoms with Crippen molar-refractivity contribution in [1.82, 2.24) is 30.2 Å². The summed E-state index contributed by atoms with van der Waals surface area (Å²) < 4.78 is 10.3. The van der Waals surface area contributed by atoms with E-state index in [1.54, 1.807) is 7.11 Å². The average Bonchev–Trinajstić information content (AvgIpc) is 3.62. The van der Waals surface area contributed by atoms with Gasteiger partial charge in [0.2, 0.25) is 0 Å². The fourth-order valence-electron chi connectivity index (χ4n) is 4.85. The minimum atomic E-state index is -0.130. The van der Waals surface area contributed by atoms with Crippen molar-refractivity contribution in [2.24, 2.45) is 5.92 Å². The van der Waals surface area contributed by atoms with Gasteiger partial charge in [0, 0.05) is 43.7 Å². The zero-order valence-corrected chi connectivity index (χ0v) is 23.6. The standard InChI is InChI=1S/C18H30N6O2.C9H12OS/c1-22-6-4-14(5-7-22)13-23-8-10-24(11-9-23)18(25)17-20-16(21-26-17)12-19-15-2-3-15;1-6-4-8(10-3)5-7(2)9(6)11/h14-15,19H,2-13H2,1H3;4-5,11H,1-3H3. The maximum absolute atomic E-state index is 12.6. The molecule has 0 unspecified atom stereocenters. The predicted octanol–water partition coefficient (Wildman–Crippen LogP) is 3.02. The lowest BCUT2D eigenvalue weighted by Gasteiger charge is -2.37. The molecule has 2 aliphatic heterocycles. The maximum Gasteiger partial charge on any atom is 0.316 e. The molecular weight excluding hydrogens is 488 g/mol. The van der Waals surface area contributed by atoms with Crippen LogP contribution in [0.3, 0.4) is 0 Å². The number of hydrogen-bond acceptors (Lipinski definition) is 9. The van der Waals surface area contributed by atoms with E-state index in [9.17, 15) is 4.79 Å². The van der Waals surface area contributed by atoms with E-state index in [1.165, 1.54) is 38.8 Å². The first-order valence-corrected chi connectivity index (χ1v) is 13.9. The molecule has 1 saturated carbocycles. The molecule has 0 bridgehead atoms. The number of nitrogens with zero attached hydrogens (tertiary/aromatic N) is 5. The highest BCUT2D eigenvalue weighted by Gasteiger charge is 2.28. The van der Waals surface area contributed by atoms with Gasteiger partial charge in [0.25, 0.3) is 0 Å². The van der Waals surface area contributed by atoms with E-state index in [4.69, 9.17) is 9.26 Å². The van der Waals surface area contributed by atoms with Gasteiger partial charge < -0.3 is 24.4 Å². The number of piperazine rings is 1. The summed E-state index contributed by atoms with van der Waals surface area (Å²) in [5, 5.41) is 7.25. The van der Waals surface area contributed by atoms with Crippen LogP contribution < -0.4 is 10.1 Å². The topological polar surface area (TPSA) is 87.0 Å². The van der Waals surface area contributed by atoms with Crippen LogP contribution in [0, 0.1) is 19.8 Å². The molecule has 3 fully saturated rings. The van der Waals surface area contributed by atoms with Crippen molar-refractivity contribution in [3.05, 3.63) is 35.0 Å². The van der Waals surface area contributed by atoms with Crippen molar-refractivity contribution >= 4 is 18.5 Å². The Hall–Kier alpha value is -2.14. The maximum atomic E-state index is 12.6. The van der Waals surface area contributed by atoms with Crippen molar-refractivity contribution in [2.45, 2.75) is 57.0 Å². The number of rotatable bonds is 7. The van der Waals surface area contributed by atoms with Gasteiger partial charge in [-0.25, -0.2) is 0 Å². The highest BCUT2D eigenvalue weighted by molar-refractivity contribution is 7.80. The summed E-state index contributed by atoms with van der Waals surface area (Å²) in [6, 6.07) is 4.55. The summed E-state index contributed by atoms with van der Waals surface area (Å²) in [6.07, 6.45) is 5.00. The number of ether oxygens (including phenoxy) is 1. The second-order valence-corrected chi connectivity index (χ2v) is 11.1. The van der Waals surface area contributed by atoms with Crippen molar-refractivity contribution in [2.75, 3.05) is 60.0 Å². The molecule has 1 aliphatic carbocycles. The number of methoxy groups -OCH3 is 1. The van der Waals surface area contributed by atoms with Crippen molar-refractivity contribution in [1.29, 1.82) is 0 Å². The number of thiol groups is 1. The molecule has 2 aromatic rings. The predicted molar refractivity (Wildman–Crippen MR) is 146 cm³/mol. The number of likely N-dealkylation sites (tertiary alicyclic amines) is 1. The number of carbonyl (C=O) groups excluding carboxylic acids is 1. The number of benzene rings is 1. The summed E-state index contributed by atoms with van der Waals surface area (Å²) in [5.74, 6) is 2.26. The molecule has 1 amide bonds. The van der Waals surface area contributed by atoms with Crippen LogP contribution in [0.25, 0.3) is 0 Å². The minimum Gasteiger partial charge on any atom is -0.497 e. The lowest BCUT2D eigenvalue weighted by Crippen LogP contribution is -2.50. The molecule has 10 heteroatoms. The lowest BCUT2D eigenvalue weighted by atomic mass is 9.96. The van der Waals surface area contributed by atoms with E-state index in [1.807, 2.05) is 30.9 Å². The largest absolute Gasteiger partial charge is 0.497 e. The number of nitrogens with one attached hydrogen (secondary N) is 1. The van der Waals surface area contributed by atoms with E-state index < -0.39 is 0 Å². The third-order valence-electron chi connectivity index (χ3n) is 7.49. The summed E-state index contributed by atoms with van der Waals surface area (Å²) >= 11 is 4.34. The van der Waals surface area contributed by atoms with Gasteiger partial charge in [-0.05, 0) is 88.8 Å². The third kappa shape index (κ3) is 8.17. The first kappa shape index (κ1) is 27.9. The Bertz CT molecular complexity index is 1000. The number of aromatic nitrogens is 2. The molecule has 1 N–H and O–H groups in total. The van der Waals surface area contributed by atoms with Crippen LogP contribution in [-0.2, 0) is 6.54 Å². The smallest absolute Gasteiger partial charge is 0.316 e. The van der Waals surface area contributed by atoms with Gasteiger partial charge in [-0.1, -0.05) is 5.16 Å². The first-order valence-electron chi connectivity index (χ1n) is 13.4. The van der Waals surface area contributed by atoms with Gasteiger partial charge in [-0.3, -0.25) is 9.69 Å². The van der Waals surface area contributed by atoms with Crippen LogP contribution in [-0.4, -0.2) is 96.8 Å². The van der Waals surface area contributed by atoms with Crippen LogP contribution >= 0.6 is 12.6 Å². The van der Waals surface area contributed by atoms with E-state index in [-0.39, 0.29) is 11.8 Å². The third-order valence-corrected chi connectivity index (χ3v) is 8.20. The summed E-state index contributed by atoms with van der Waals surface area (Å²) in [5.41, 5.74) is 2.32. The Morgan fingerprint density at radius 2 is 1.73 bits per heavy atom. The molecular formula is C27H42N6O3S. The van der Waals surface area contributed by atoms with E-state index in [0.29, 0.717) is 18.4 Å². The molecule has 9 nitrogen and oxygen atoms in total. The van der Waals surface area contributed by atoms with Crippen LogP contribution in [0.5, 0.6) is 5.75 Å². The quantitative estimate of drug-likeness (QED) is 0.529. The molecule has 1 aromatic carbocycles. The van der Waals surface area contributed by atoms with Gasteiger partial charge in [-0.2, -0.15) is 4.98 Å². The van der Waals surface area contributed by atoms with E-state index in [0.717, 1.165) is 60.4 Å². The average molecular weight is 531 g/mol. The molecule has 5 rings (SSSR count). The SMILES string of the molecule is CN1CCC(CN2CCN(C(=O)c3nc(CNC4CC4)no3)CC2)CC1.COc1cc(C)c(S)c(C)c1. The molecule has 3 aliphatic rings. The molecule has 204 valence electrons. The Morgan fingerprint density at radius 3 is 2.32 bits per heavy atom. The lowest BCUT2D eigenvalue weighted by molar-refractivity contribution is 0.0549. The second kappa shape index (κ2) is 13.1. The van der Waals surface area contributed by atoms with E-state index in [2.05, 4.69) is 44.9 Å². The monoisotopic (exact) mass is 530 g/mol. The van der Waals surface area contributed by atoms with Gasteiger partial charge >= 0.3 is 11.8 Å². The van der Waals surface area contributed by atoms with Gasteiger partial charge in [0.15, 0.2) is 5.82 Å². The summed E-state index contributed by atoms with van der Waals surface area (Å²) in [4.78, 5) is 24.6. The van der Waals surface area contributed by atoms with Crippen LogP contribution in [0.15, 0.2) is 21.6 Å². The highest BCUT2D eigenvalue weighted by Crippen LogP contribution is 2.24. The fourth-order valence-corrected chi connectivity index (χ4v) is 4.98. The van der Waals surface area contributed by atoms with Gasteiger partial charge in [-0.15, -0.1) is 12.6 Å². The molecule has 1 aromatic heterocycles. The second-order valence-electron chi connectivity index (χ2n) is 10.6. The van der Waals surface area contributed by atoms with Crippen molar-refractivity contribution in [3.63, 3.8) is 0 Å². The molecule has 0 spiro atoms. The molecule has 0 atom stereocenters. The van der Waals surface area contributed by atoms with Gasteiger partial charge in [0.1, 0.15) is 5.75 Å². The van der Waals surface area contributed by atoms with Crippen LogP contribution in [0.2, 0.25) is 0 Å².